The van der Waals surface area contributed by atoms with Crippen LogP contribution in [0.3, 0.4) is 0 Å². The van der Waals surface area contributed by atoms with Crippen molar-refractivity contribution in [1.29, 1.82) is 0 Å². The van der Waals surface area contributed by atoms with Crippen LogP contribution in [0.5, 0.6) is 0 Å². The Morgan fingerprint density at radius 2 is 2.06 bits per heavy atom. The summed E-state index contributed by atoms with van der Waals surface area (Å²) in [6.45, 7) is 5.58. The predicted molar refractivity (Wildman–Crippen MR) is 73.4 cm³/mol. The molecule has 2 nitrogen and oxygen atoms in total. The number of benzene rings is 1. The Kier molecular flexibility index (Phi) is 6.16. The quantitative estimate of drug-likeness (QED) is 0.448. The summed E-state index contributed by atoms with van der Waals surface area (Å²) in [5, 5.41) is 0.745. The first kappa shape index (κ1) is 14.1. The first-order valence-electron chi connectivity index (χ1n) is 5.24. The summed E-state index contributed by atoms with van der Waals surface area (Å²) in [5.74, 6) is 1.35. The van der Waals surface area contributed by atoms with Gasteiger partial charge >= 0.3 is 5.97 Å². The summed E-state index contributed by atoms with van der Waals surface area (Å²) in [6.07, 6.45) is 0. The number of rotatable bonds is 6. The fourth-order valence-corrected chi connectivity index (χ4v) is 1.99. The molecule has 0 N–H and O–H groups in total. The van der Waals surface area contributed by atoms with Crippen LogP contribution >= 0.6 is 23.4 Å². The first-order valence-corrected chi connectivity index (χ1v) is 6.77. The lowest BCUT2D eigenvalue weighted by atomic mass is 10.2. The Bertz CT molecular complexity index is 387. The normalized spacial score (nSPS) is 10.0. The first-order chi connectivity index (χ1) is 8.09. The lowest BCUT2D eigenvalue weighted by molar-refractivity contribution is -0.138. The summed E-state index contributed by atoms with van der Waals surface area (Å²) in [6, 6.07) is 7.74. The highest BCUT2D eigenvalue weighted by Gasteiger charge is 2.02. The van der Waals surface area contributed by atoms with E-state index in [1.165, 1.54) is 5.56 Å². The minimum absolute atomic E-state index is 0.322. The average Bonchev–Trinajstić information content (AvgIpc) is 2.30. The predicted octanol–water partition coefficient (Wildman–Crippen LogP) is 3.69. The molecule has 0 saturated carbocycles. The van der Waals surface area contributed by atoms with Crippen molar-refractivity contribution in [3.8, 4) is 0 Å². The fourth-order valence-electron chi connectivity index (χ4n) is 1.09. The highest BCUT2D eigenvalue weighted by atomic mass is 35.5. The third-order valence-electron chi connectivity index (χ3n) is 1.99. The minimum Gasteiger partial charge on any atom is -0.461 e. The van der Waals surface area contributed by atoms with E-state index in [4.69, 9.17) is 16.3 Å². The summed E-state index contributed by atoms with van der Waals surface area (Å²) in [5.41, 5.74) is 1.65. The molecule has 0 amide bonds. The molecular formula is C13H15ClO2S. The van der Waals surface area contributed by atoms with Gasteiger partial charge in [0.15, 0.2) is 0 Å². The third kappa shape index (κ3) is 5.80. The SMILES string of the molecule is C=C(C)C(=O)OCCSCc1ccc(Cl)cc1. The molecule has 92 valence electrons. The number of hydrogen-bond acceptors (Lipinski definition) is 3. The van der Waals surface area contributed by atoms with Gasteiger partial charge in [0.05, 0.1) is 0 Å². The van der Waals surface area contributed by atoms with Gasteiger partial charge in [-0.15, -0.1) is 0 Å². The molecule has 1 aromatic carbocycles. The zero-order chi connectivity index (χ0) is 12.7. The van der Waals surface area contributed by atoms with Gasteiger partial charge in [-0.25, -0.2) is 4.79 Å². The van der Waals surface area contributed by atoms with Gasteiger partial charge in [0.25, 0.3) is 0 Å². The Hall–Kier alpha value is -0.930. The van der Waals surface area contributed by atoms with E-state index in [1.54, 1.807) is 18.7 Å². The Balaban J connectivity index is 2.14. The van der Waals surface area contributed by atoms with Crippen molar-refractivity contribution in [2.24, 2.45) is 0 Å². The maximum Gasteiger partial charge on any atom is 0.333 e. The lowest BCUT2D eigenvalue weighted by Crippen LogP contribution is -2.07. The molecule has 4 heteroatoms. The summed E-state index contributed by atoms with van der Waals surface area (Å²) in [7, 11) is 0. The van der Waals surface area contributed by atoms with Crippen LogP contribution in [0.2, 0.25) is 5.02 Å². The molecule has 0 aliphatic carbocycles. The maximum atomic E-state index is 11.1. The molecule has 0 atom stereocenters. The van der Waals surface area contributed by atoms with Gasteiger partial charge in [0.1, 0.15) is 6.61 Å². The number of carbonyl (C=O) groups excluding carboxylic acids is 1. The molecule has 0 aliphatic heterocycles. The smallest absolute Gasteiger partial charge is 0.333 e. The van der Waals surface area contributed by atoms with E-state index in [9.17, 15) is 4.79 Å². The van der Waals surface area contributed by atoms with E-state index in [2.05, 4.69) is 6.58 Å². The summed E-state index contributed by atoms with van der Waals surface area (Å²) >= 11 is 7.50. The second kappa shape index (κ2) is 7.41. The standard InChI is InChI=1S/C13H15ClO2S/c1-10(2)13(15)16-7-8-17-9-11-3-5-12(14)6-4-11/h3-6H,1,7-9H2,2H3. The molecular weight excluding hydrogens is 256 g/mol. The fraction of sp³-hybridized carbons (Fsp3) is 0.308. The average molecular weight is 271 g/mol. The lowest BCUT2D eigenvalue weighted by Gasteiger charge is -2.04. The molecule has 17 heavy (non-hydrogen) atoms. The molecule has 0 radical (unpaired) electrons. The molecule has 0 bridgehead atoms. The van der Waals surface area contributed by atoms with Gasteiger partial charge < -0.3 is 4.74 Å². The number of carbonyl (C=O) groups is 1. The van der Waals surface area contributed by atoms with E-state index in [1.807, 2.05) is 24.3 Å². The molecule has 0 spiro atoms. The van der Waals surface area contributed by atoms with Gasteiger partial charge in [-0.05, 0) is 24.6 Å². The number of esters is 1. The molecule has 0 heterocycles. The zero-order valence-corrected chi connectivity index (χ0v) is 11.3. The monoisotopic (exact) mass is 270 g/mol. The summed E-state index contributed by atoms with van der Waals surface area (Å²) in [4.78, 5) is 11.1. The van der Waals surface area contributed by atoms with Crippen molar-refractivity contribution in [1.82, 2.24) is 0 Å². The van der Waals surface area contributed by atoms with Crippen LogP contribution < -0.4 is 0 Å². The van der Waals surface area contributed by atoms with E-state index in [-0.39, 0.29) is 5.97 Å². The highest BCUT2D eigenvalue weighted by Crippen LogP contribution is 2.15. The van der Waals surface area contributed by atoms with Crippen LogP contribution in [-0.4, -0.2) is 18.3 Å². The molecule has 0 saturated heterocycles. The van der Waals surface area contributed by atoms with Gasteiger partial charge in [-0.3, -0.25) is 0 Å². The van der Waals surface area contributed by atoms with Crippen LogP contribution in [-0.2, 0) is 15.3 Å². The number of halogens is 1. The van der Waals surface area contributed by atoms with Crippen molar-refractivity contribution in [2.45, 2.75) is 12.7 Å². The Labute approximate surface area is 111 Å². The van der Waals surface area contributed by atoms with Crippen LogP contribution in [0.15, 0.2) is 36.4 Å². The van der Waals surface area contributed by atoms with E-state index < -0.39 is 0 Å². The number of thioether (sulfide) groups is 1. The van der Waals surface area contributed by atoms with Crippen LogP contribution in [0.4, 0.5) is 0 Å². The largest absolute Gasteiger partial charge is 0.461 e. The number of hydrogen-bond donors (Lipinski definition) is 0. The number of ether oxygens (including phenoxy) is 1. The van der Waals surface area contributed by atoms with Crippen LogP contribution in [0, 0.1) is 0 Å². The highest BCUT2D eigenvalue weighted by molar-refractivity contribution is 7.98. The van der Waals surface area contributed by atoms with Crippen LogP contribution in [0.25, 0.3) is 0 Å². The topological polar surface area (TPSA) is 26.3 Å². The molecule has 1 rings (SSSR count). The summed E-state index contributed by atoms with van der Waals surface area (Å²) < 4.78 is 4.98. The molecule has 1 aromatic rings. The maximum absolute atomic E-state index is 11.1. The molecule has 0 aromatic heterocycles. The third-order valence-corrected chi connectivity index (χ3v) is 3.24. The zero-order valence-electron chi connectivity index (χ0n) is 9.74. The second-order valence-electron chi connectivity index (χ2n) is 3.60. The van der Waals surface area contributed by atoms with Crippen molar-refractivity contribution < 1.29 is 9.53 Å². The van der Waals surface area contributed by atoms with E-state index >= 15 is 0 Å². The van der Waals surface area contributed by atoms with Gasteiger partial charge in [-0.1, -0.05) is 30.3 Å². The van der Waals surface area contributed by atoms with Crippen molar-refractivity contribution in [3.05, 3.63) is 47.0 Å². The second-order valence-corrected chi connectivity index (χ2v) is 5.14. The van der Waals surface area contributed by atoms with Crippen molar-refractivity contribution in [3.63, 3.8) is 0 Å². The molecule has 0 fully saturated rings. The molecule has 0 aliphatic rings. The molecule has 0 unspecified atom stereocenters. The Morgan fingerprint density at radius 3 is 2.65 bits per heavy atom. The Morgan fingerprint density at radius 1 is 1.41 bits per heavy atom. The van der Waals surface area contributed by atoms with Crippen molar-refractivity contribution >= 4 is 29.3 Å². The van der Waals surface area contributed by atoms with E-state index in [0.717, 1.165) is 16.5 Å². The van der Waals surface area contributed by atoms with Gasteiger partial charge in [0.2, 0.25) is 0 Å². The van der Waals surface area contributed by atoms with E-state index in [0.29, 0.717) is 12.2 Å². The van der Waals surface area contributed by atoms with Crippen LogP contribution in [0.1, 0.15) is 12.5 Å². The van der Waals surface area contributed by atoms with Crippen molar-refractivity contribution in [2.75, 3.05) is 12.4 Å². The minimum atomic E-state index is -0.322. The van der Waals surface area contributed by atoms with Gasteiger partial charge in [0, 0.05) is 22.1 Å². The van der Waals surface area contributed by atoms with Gasteiger partial charge in [-0.2, -0.15) is 11.8 Å².